The fourth-order valence-corrected chi connectivity index (χ4v) is 3.48. The third-order valence-electron chi connectivity index (χ3n) is 5.06. The van der Waals surface area contributed by atoms with Gasteiger partial charge in [0, 0.05) is 30.8 Å². The number of rotatable bonds is 2. The first-order valence-corrected chi connectivity index (χ1v) is 9.15. The zero-order valence-corrected chi connectivity index (χ0v) is 15.4. The van der Waals surface area contributed by atoms with Gasteiger partial charge in [0.2, 0.25) is 5.54 Å². The Bertz CT molecular complexity index is 934. The van der Waals surface area contributed by atoms with Crippen LogP contribution in [-0.2, 0) is 12.0 Å². The Hall–Kier alpha value is -2.88. The van der Waals surface area contributed by atoms with Crippen molar-refractivity contribution in [1.29, 1.82) is 0 Å². The molecule has 0 saturated heterocycles. The summed E-state index contributed by atoms with van der Waals surface area (Å²) in [5, 5.41) is 4.55. The lowest BCUT2D eigenvalue weighted by Crippen LogP contribution is -2.59. The molecule has 4 rings (SSSR count). The molecule has 0 radical (unpaired) electrons. The van der Waals surface area contributed by atoms with Crippen molar-refractivity contribution < 1.29 is 18.0 Å². The van der Waals surface area contributed by atoms with Gasteiger partial charge in [-0.3, -0.25) is 0 Å². The smallest absolute Gasteiger partial charge is 0.376 e. The van der Waals surface area contributed by atoms with Crippen LogP contribution in [0.5, 0.6) is 0 Å². The van der Waals surface area contributed by atoms with Crippen molar-refractivity contribution in [3.63, 3.8) is 0 Å². The number of halogens is 3. The number of allylic oxidation sites excluding steroid dienone is 2. The second-order valence-electron chi connectivity index (χ2n) is 7.51. The molecule has 1 aromatic carbocycles. The molecule has 1 aliphatic carbocycles. The largest absolute Gasteiger partial charge is 0.427 e. The summed E-state index contributed by atoms with van der Waals surface area (Å²) < 4.78 is 42.2. The zero-order chi connectivity index (χ0) is 19.9. The number of amides is 2. The first kappa shape index (κ1) is 18.5. The Morgan fingerprint density at radius 3 is 2.79 bits per heavy atom. The Morgan fingerprint density at radius 2 is 2.11 bits per heavy atom. The molecule has 1 saturated carbocycles. The van der Waals surface area contributed by atoms with Gasteiger partial charge in [-0.05, 0) is 48.7 Å². The number of likely N-dealkylation sites (N-methyl/N-ethyl adjacent to an activating group) is 1. The lowest BCUT2D eigenvalue weighted by Gasteiger charge is -2.37. The third kappa shape index (κ3) is 3.47. The fourth-order valence-electron chi connectivity index (χ4n) is 3.48. The van der Waals surface area contributed by atoms with Gasteiger partial charge in [-0.15, -0.1) is 0 Å². The number of carbonyl (C=O) groups excluding carboxylic acids is 1. The van der Waals surface area contributed by atoms with Crippen LogP contribution in [0.2, 0.25) is 0 Å². The van der Waals surface area contributed by atoms with Gasteiger partial charge >= 0.3 is 12.2 Å². The second-order valence-corrected chi connectivity index (χ2v) is 7.51. The minimum absolute atomic E-state index is 0.0166. The number of anilines is 1. The predicted molar refractivity (Wildman–Crippen MR) is 100 cm³/mol. The van der Waals surface area contributed by atoms with E-state index in [0.717, 1.165) is 30.5 Å². The van der Waals surface area contributed by atoms with Gasteiger partial charge in [0.25, 0.3) is 0 Å². The second kappa shape index (κ2) is 6.62. The SMILES string of the molecule is CN1C=CC=C(Cc2ccc3c(c2)NC(=O)N[C@]3(C#CC2CC2)C(F)(F)F)C1. The molecule has 1 atom stereocenters. The van der Waals surface area contributed by atoms with Gasteiger partial charge in [-0.25, -0.2) is 4.79 Å². The summed E-state index contributed by atoms with van der Waals surface area (Å²) in [7, 11) is 1.96. The van der Waals surface area contributed by atoms with Crippen LogP contribution in [0, 0.1) is 17.8 Å². The lowest BCUT2D eigenvalue weighted by atomic mass is 9.85. The Kier molecular flexibility index (Phi) is 4.37. The van der Waals surface area contributed by atoms with E-state index in [1.165, 1.54) is 6.07 Å². The molecule has 3 aliphatic rings. The maximum Gasteiger partial charge on any atom is 0.427 e. The highest BCUT2D eigenvalue weighted by Crippen LogP contribution is 2.44. The van der Waals surface area contributed by atoms with E-state index in [1.54, 1.807) is 12.1 Å². The van der Waals surface area contributed by atoms with Gasteiger partial charge in [0.1, 0.15) is 0 Å². The molecule has 7 heteroatoms. The standard InChI is InChI=1S/C21H20F3N3O/c1-27-10-2-3-16(13-27)11-15-6-7-17-18(12-15)25-19(28)26-20(17,21(22,23)24)9-8-14-4-5-14/h2-3,6-7,10,12,14H,4-5,11,13H2,1H3,(H2,25,26,28)/t20-/m0/s1. The molecule has 1 fully saturated rings. The van der Waals surface area contributed by atoms with E-state index < -0.39 is 17.7 Å². The first-order valence-electron chi connectivity index (χ1n) is 9.15. The molecular formula is C21H20F3N3O. The minimum atomic E-state index is -4.73. The quantitative estimate of drug-likeness (QED) is 0.756. The normalized spacial score (nSPS) is 23.8. The Balaban J connectivity index is 1.72. The lowest BCUT2D eigenvalue weighted by molar-refractivity contribution is -0.178. The van der Waals surface area contributed by atoms with E-state index in [0.29, 0.717) is 6.42 Å². The van der Waals surface area contributed by atoms with Gasteiger partial charge in [0.05, 0.1) is 0 Å². The number of fused-ring (bicyclic) bond motifs is 1. The molecular weight excluding hydrogens is 367 g/mol. The van der Waals surface area contributed by atoms with E-state index in [9.17, 15) is 18.0 Å². The number of benzene rings is 1. The Labute approximate surface area is 161 Å². The zero-order valence-electron chi connectivity index (χ0n) is 15.4. The topological polar surface area (TPSA) is 44.4 Å². The summed E-state index contributed by atoms with van der Waals surface area (Å²) >= 11 is 0. The summed E-state index contributed by atoms with van der Waals surface area (Å²) in [6.07, 6.45) is 3.36. The van der Waals surface area contributed by atoms with Gasteiger partial charge in [-0.2, -0.15) is 13.2 Å². The van der Waals surface area contributed by atoms with Crippen molar-refractivity contribution >= 4 is 11.7 Å². The number of hydrogen-bond donors (Lipinski definition) is 2. The van der Waals surface area contributed by atoms with Crippen molar-refractivity contribution in [1.82, 2.24) is 10.2 Å². The number of urea groups is 1. The van der Waals surface area contributed by atoms with E-state index in [4.69, 9.17) is 0 Å². The molecule has 28 heavy (non-hydrogen) atoms. The van der Waals surface area contributed by atoms with Crippen molar-refractivity contribution in [2.75, 3.05) is 18.9 Å². The summed E-state index contributed by atoms with van der Waals surface area (Å²) in [6, 6.07) is 3.82. The highest BCUT2D eigenvalue weighted by atomic mass is 19.4. The predicted octanol–water partition coefficient (Wildman–Crippen LogP) is 3.92. The summed E-state index contributed by atoms with van der Waals surface area (Å²) in [5.74, 6) is 5.03. The van der Waals surface area contributed by atoms with Crippen LogP contribution in [-0.4, -0.2) is 30.7 Å². The molecule has 1 aromatic rings. The molecule has 2 N–H and O–H groups in total. The molecule has 2 aliphatic heterocycles. The molecule has 2 heterocycles. The van der Waals surface area contributed by atoms with Crippen molar-refractivity contribution in [3.8, 4) is 11.8 Å². The van der Waals surface area contributed by atoms with Crippen LogP contribution in [0.1, 0.15) is 24.0 Å². The fraction of sp³-hybridized carbons (Fsp3) is 0.381. The summed E-state index contributed by atoms with van der Waals surface area (Å²) in [4.78, 5) is 14.1. The van der Waals surface area contributed by atoms with Crippen LogP contribution < -0.4 is 10.6 Å². The Morgan fingerprint density at radius 1 is 1.32 bits per heavy atom. The number of alkyl halides is 3. The van der Waals surface area contributed by atoms with E-state index in [-0.39, 0.29) is 17.2 Å². The van der Waals surface area contributed by atoms with Crippen LogP contribution in [0.4, 0.5) is 23.7 Å². The highest BCUT2D eigenvalue weighted by molar-refractivity contribution is 5.95. The molecule has 0 aromatic heterocycles. The molecule has 0 bridgehead atoms. The highest BCUT2D eigenvalue weighted by Gasteiger charge is 2.59. The first-order chi connectivity index (χ1) is 13.3. The van der Waals surface area contributed by atoms with E-state index >= 15 is 0 Å². The monoisotopic (exact) mass is 387 g/mol. The number of hydrogen-bond acceptors (Lipinski definition) is 2. The summed E-state index contributed by atoms with van der Waals surface area (Å²) in [5.41, 5.74) is -0.614. The van der Waals surface area contributed by atoms with Crippen LogP contribution >= 0.6 is 0 Å². The maximum atomic E-state index is 14.1. The van der Waals surface area contributed by atoms with Crippen LogP contribution in [0.25, 0.3) is 0 Å². The maximum absolute atomic E-state index is 14.1. The molecule has 0 unspecified atom stereocenters. The van der Waals surface area contributed by atoms with Crippen molar-refractivity contribution in [2.24, 2.45) is 5.92 Å². The van der Waals surface area contributed by atoms with Gasteiger partial charge in [-0.1, -0.05) is 30.0 Å². The van der Waals surface area contributed by atoms with E-state index in [1.807, 2.05) is 35.6 Å². The molecule has 4 nitrogen and oxygen atoms in total. The van der Waals surface area contributed by atoms with E-state index in [2.05, 4.69) is 17.2 Å². The number of nitrogens with one attached hydrogen (secondary N) is 2. The minimum Gasteiger partial charge on any atom is -0.376 e. The van der Waals surface area contributed by atoms with Gasteiger partial charge < -0.3 is 15.5 Å². The molecule has 146 valence electrons. The molecule has 0 spiro atoms. The van der Waals surface area contributed by atoms with Crippen LogP contribution in [0.15, 0.2) is 42.1 Å². The van der Waals surface area contributed by atoms with Crippen molar-refractivity contribution in [3.05, 3.63) is 53.3 Å². The average Bonchev–Trinajstić information content (AvgIpc) is 3.42. The molecule has 2 amide bonds. The van der Waals surface area contributed by atoms with Crippen molar-refractivity contribution in [2.45, 2.75) is 31.0 Å². The van der Waals surface area contributed by atoms with Crippen LogP contribution in [0.3, 0.4) is 0 Å². The number of nitrogens with zero attached hydrogens (tertiary/aromatic N) is 1. The summed E-state index contributed by atoms with van der Waals surface area (Å²) in [6.45, 7) is 0.751. The average molecular weight is 387 g/mol. The van der Waals surface area contributed by atoms with Gasteiger partial charge in [0.15, 0.2) is 0 Å². The number of carbonyl (C=O) groups is 1. The third-order valence-corrected chi connectivity index (χ3v) is 5.06.